The van der Waals surface area contributed by atoms with Gasteiger partial charge < -0.3 is 4.74 Å². The second-order valence-electron chi connectivity index (χ2n) is 6.77. The summed E-state index contributed by atoms with van der Waals surface area (Å²) in [6.45, 7) is 0.290. The van der Waals surface area contributed by atoms with Crippen LogP contribution in [0.3, 0.4) is 0 Å². The van der Waals surface area contributed by atoms with Gasteiger partial charge in [-0.1, -0.05) is 29.3 Å². The largest absolute Gasteiger partial charge is 0.489 e. The normalized spacial score (nSPS) is 10.8. The molecule has 3 aromatic carbocycles. The number of ether oxygens (including phenoxy) is 1. The summed E-state index contributed by atoms with van der Waals surface area (Å²) < 4.78 is 5.68. The number of halogens is 2. The Kier molecular flexibility index (Phi) is 9.12. The van der Waals surface area contributed by atoms with Gasteiger partial charge in [-0.05, 0) is 65.2 Å². The standard InChI is InChI=1S/C23H19Cl2N3O4S/c24-21-2-1-3-22(25)20(21)14-33-15-23(29)27-26-12-16-6-10-19(11-7-16)32-13-17-4-8-18(9-5-17)28(30)31/h1-12H,13-15H2,(H,27,29)/b26-12-. The smallest absolute Gasteiger partial charge is 0.269 e. The fraction of sp³-hybridized carbons (Fsp3) is 0.130. The second-order valence-corrected chi connectivity index (χ2v) is 8.57. The number of amides is 1. The molecule has 10 heteroatoms. The quantitative estimate of drug-likeness (QED) is 0.212. The molecule has 0 heterocycles. The SMILES string of the molecule is O=C(CSCc1c(Cl)cccc1Cl)N/N=C\c1ccc(OCc2ccc([N+](=O)[O-])cc2)cc1. The summed E-state index contributed by atoms with van der Waals surface area (Å²) >= 11 is 13.6. The first-order valence-electron chi connectivity index (χ1n) is 9.71. The number of hydrogen-bond donors (Lipinski definition) is 1. The lowest BCUT2D eigenvalue weighted by Crippen LogP contribution is -2.19. The minimum absolute atomic E-state index is 0.0399. The first-order valence-corrected chi connectivity index (χ1v) is 11.6. The van der Waals surface area contributed by atoms with E-state index in [-0.39, 0.29) is 17.3 Å². The van der Waals surface area contributed by atoms with Gasteiger partial charge in [0.25, 0.3) is 5.69 Å². The fourth-order valence-electron chi connectivity index (χ4n) is 2.66. The van der Waals surface area contributed by atoms with Crippen molar-refractivity contribution in [2.75, 3.05) is 5.75 Å². The van der Waals surface area contributed by atoms with Crippen molar-refractivity contribution in [1.29, 1.82) is 0 Å². The predicted molar refractivity (Wildman–Crippen MR) is 132 cm³/mol. The minimum atomic E-state index is -0.442. The molecule has 0 atom stereocenters. The molecule has 3 aromatic rings. The Morgan fingerprint density at radius 3 is 2.36 bits per heavy atom. The number of carbonyl (C=O) groups is 1. The van der Waals surface area contributed by atoms with Gasteiger partial charge in [-0.2, -0.15) is 5.10 Å². The average Bonchev–Trinajstić information content (AvgIpc) is 2.81. The minimum Gasteiger partial charge on any atom is -0.489 e. The number of nitro benzene ring substituents is 1. The van der Waals surface area contributed by atoms with Gasteiger partial charge in [0, 0.05) is 27.9 Å². The average molecular weight is 504 g/mol. The van der Waals surface area contributed by atoms with E-state index in [9.17, 15) is 14.9 Å². The van der Waals surface area contributed by atoms with Gasteiger partial charge in [0.2, 0.25) is 5.91 Å². The third-order valence-corrected chi connectivity index (χ3v) is 6.04. The highest BCUT2D eigenvalue weighted by Gasteiger charge is 2.07. The molecule has 170 valence electrons. The number of nitrogens with zero attached hydrogens (tertiary/aromatic N) is 2. The van der Waals surface area contributed by atoms with Gasteiger partial charge >= 0.3 is 0 Å². The van der Waals surface area contributed by atoms with E-state index in [0.717, 1.165) is 16.7 Å². The Labute approximate surface area is 204 Å². The number of hydrogen-bond acceptors (Lipinski definition) is 6. The van der Waals surface area contributed by atoms with Gasteiger partial charge in [-0.3, -0.25) is 14.9 Å². The van der Waals surface area contributed by atoms with Crippen molar-refractivity contribution in [2.45, 2.75) is 12.4 Å². The Bertz CT molecular complexity index is 1120. The van der Waals surface area contributed by atoms with Crippen LogP contribution in [0, 0.1) is 10.1 Å². The molecule has 0 unspecified atom stereocenters. The van der Waals surface area contributed by atoms with Gasteiger partial charge in [0.15, 0.2) is 0 Å². The highest BCUT2D eigenvalue weighted by atomic mass is 35.5. The maximum atomic E-state index is 12.0. The molecular weight excluding hydrogens is 485 g/mol. The van der Waals surface area contributed by atoms with Crippen LogP contribution in [0.2, 0.25) is 10.0 Å². The van der Waals surface area contributed by atoms with Crippen LogP contribution in [0.15, 0.2) is 71.8 Å². The molecule has 33 heavy (non-hydrogen) atoms. The number of benzene rings is 3. The zero-order chi connectivity index (χ0) is 23.6. The molecule has 0 aliphatic rings. The molecule has 1 amide bonds. The van der Waals surface area contributed by atoms with E-state index in [1.807, 2.05) is 0 Å². The van der Waals surface area contributed by atoms with E-state index in [2.05, 4.69) is 10.5 Å². The highest BCUT2D eigenvalue weighted by molar-refractivity contribution is 7.99. The summed E-state index contributed by atoms with van der Waals surface area (Å²) in [4.78, 5) is 22.2. The molecule has 0 saturated heterocycles. The number of nitrogens with one attached hydrogen (secondary N) is 1. The Morgan fingerprint density at radius 2 is 1.73 bits per heavy atom. The lowest BCUT2D eigenvalue weighted by molar-refractivity contribution is -0.384. The molecule has 0 spiro atoms. The number of rotatable bonds is 10. The van der Waals surface area contributed by atoms with Crippen LogP contribution in [0.4, 0.5) is 5.69 Å². The number of carbonyl (C=O) groups excluding carboxylic acids is 1. The topological polar surface area (TPSA) is 93.8 Å². The predicted octanol–water partition coefficient (Wildman–Crippen LogP) is 5.86. The van der Waals surface area contributed by atoms with Gasteiger partial charge in [0.1, 0.15) is 12.4 Å². The van der Waals surface area contributed by atoms with E-state index < -0.39 is 4.92 Å². The zero-order valence-corrected chi connectivity index (χ0v) is 19.6. The van der Waals surface area contributed by atoms with E-state index in [0.29, 0.717) is 28.2 Å². The lowest BCUT2D eigenvalue weighted by Gasteiger charge is -2.06. The molecule has 0 aliphatic heterocycles. The molecule has 7 nitrogen and oxygen atoms in total. The third-order valence-electron chi connectivity index (χ3n) is 4.38. The fourth-order valence-corrected chi connectivity index (χ4v) is 4.21. The van der Waals surface area contributed by atoms with Crippen LogP contribution in [0.25, 0.3) is 0 Å². The van der Waals surface area contributed by atoms with Crippen molar-refractivity contribution in [3.63, 3.8) is 0 Å². The first-order chi connectivity index (χ1) is 15.9. The van der Waals surface area contributed by atoms with Crippen LogP contribution >= 0.6 is 35.0 Å². The van der Waals surface area contributed by atoms with E-state index in [4.69, 9.17) is 27.9 Å². The molecule has 0 aromatic heterocycles. The zero-order valence-electron chi connectivity index (χ0n) is 17.2. The van der Waals surface area contributed by atoms with Crippen molar-refractivity contribution in [3.05, 3.63) is 104 Å². The molecule has 3 rings (SSSR count). The maximum absolute atomic E-state index is 12.0. The maximum Gasteiger partial charge on any atom is 0.269 e. The summed E-state index contributed by atoms with van der Waals surface area (Å²) in [6, 6.07) is 18.6. The van der Waals surface area contributed by atoms with Crippen molar-refractivity contribution >= 4 is 52.8 Å². The van der Waals surface area contributed by atoms with Crippen LogP contribution < -0.4 is 10.2 Å². The van der Waals surface area contributed by atoms with Gasteiger partial charge in [-0.25, -0.2) is 5.43 Å². The number of hydrazone groups is 1. The van der Waals surface area contributed by atoms with E-state index in [1.54, 1.807) is 54.6 Å². The number of non-ortho nitro benzene ring substituents is 1. The lowest BCUT2D eigenvalue weighted by atomic mass is 10.2. The molecular formula is C23H19Cl2N3O4S. The Balaban J connectivity index is 1.40. The molecule has 0 saturated carbocycles. The monoisotopic (exact) mass is 503 g/mol. The van der Waals surface area contributed by atoms with Crippen LogP contribution in [-0.4, -0.2) is 22.8 Å². The molecule has 0 radical (unpaired) electrons. The molecule has 0 bridgehead atoms. The summed E-state index contributed by atoms with van der Waals surface area (Å²) in [5.41, 5.74) is 4.94. The highest BCUT2D eigenvalue weighted by Crippen LogP contribution is 2.28. The summed E-state index contributed by atoms with van der Waals surface area (Å²) in [5, 5.41) is 15.8. The first kappa shape index (κ1) is 24.6. The van der Waals surface area contributed by atoms with Crippen LogP contribution in [-0.2, 0) is 17.2 Å². The number of thioether (sulfide) groups is 1. The van der Waals surface area contributed by atoms with Crippen LogP contribution in [0.1, 0.15) is 16.7 Å². The van der Waals surface area contributed by atoms with Gasteiger partial charge in [-0.15, -0.1) is 11.8 Å². The second kappa shape index (κ2) is 12.2. The Morgan fingerprint density at radius 1 is 1.06 bits per heavy atom. The van der Waals surface area contributed by atoms with Crippen molar-refractivity contribution in [1.82, 2.24) is 5.43 Å². The van der Waals surface area contributed by atoms with E-state index in [1.165, 1.54) is 30.1 Å². The van der Waals surface area contributed by atoms with Crippen LogP contribution in [0.5, 0.6) is 5.75 Å². The summed E-state index contributed by atoms with van der Waals surface area (Å²) in [5.74, 6) is 1.15. The van der Waals surface area contributed by atoms with Crippen molar-refractivity contribution < 1.29 is 14.5 Å². The van der Waals surface area contributed by atoms with Gasteiger partial charge in [0.05, 0.1) is 16.9 Å². The summed E-state index contributed by atoms with van der Waals surface area (Å²) in [6.07, 6.45) is 1.54. The van der Waals surface area contributed by atoms with Crippen molar-refractivity contribution in [2.24, 2.45) is 5.10 Å². The third kappa shape index (κ3) is 7.78. The molecule has 0 aliphatic carbocycles. The number of nitro groups is 1. The Hall–Kier alpha value is -3.07. The summed E-state index contributed by atoms with van der Waals surface area (Å²) in [7, 11) is 0. The molecule has 0 fully saturated rings. The molecule has 1 N–H and O–H groups in total. The van der Waals surface area contributed by atoms with E-state index >= 15 is 0 Å². The van der Waals surface area contributed by atoms with Crippen molar-refractivity contribution in [3.8, 4) is 5.75 Å².